The molecule has 11 N–H and O–H groups in total. The summed E-state index contributed by atoms with van der Waals surface area (Å²) >= 11 is 0. The SMILES string of the molecule is CC(C)C(N)C(=O)NC(Cc1cnc[nH]1)C(=O)NC(CCCN=C(N)N)C(=O)NC(Cc1ccccc1)C(=O)O. The van der Waals surface area contributed by atoms with Crippen molar-refractivity contribution in [2.75, 3.05) is 6.54 Å². The van der Waals surface area contributed by atoms with Crippen molar-refractivity contribution < 1.29 is 24.3 Å². The van der Waals surface area contributed by atoms with Crippen LogP contribution in [0.5, 0.6) is 0 Å². The van der Waals surface area contributed by atoms with Crippen LogP contribution < -0.4 is 33.2 Å². The normalized spacial score (nSPS) is 13.9. The van der Waals surface area contributed by atoms with Gasteiger partial charge in [-0.3, -0.25) is 19.4 Å². The van der Waals surface area contributed by atoms with Crippen LogP contribution in [-0.2, 0) is 32.0 Å². The van der Waals surface area contributed by atoms with Gasteiger partial charge in [0.2, 0.25) is 17.7 Å². The lowest BCUT2D eigenvalue weighted by Gasteiger charge is -2.25. The highest BCUT2D eigenvalue weighted by Crippen LogP contribution is 2.08. The molecule has 14 nitrogen and oxygen atoms in total. The Kier molecular flexibility index (Phi) is 12.6. The lowest BCUT2D eigenvalue weighted by Crippen LogP contribution is -2.58. The monoisotopic (exact) mass is 557 g/mol. The van der Waals surface area contributed by atoms with E-state index in [0.717, 1.165) is 0 Å². The molecule has 2 rings (SSSR count). The van der Waals surface area contributed by atoms with Gasteiger partial charge in [0.1, 0.15) is 18.1 Å². The summed E-state index contributed by atoms with van der Waals surface area (Å²) < 4.78 is 0. The van der Waals surface area contributed by atoms with Gasteiger partial charge in [0.05, 0.1) is 12.4 Å². The van der Waals surface area contributed by atoms with Crippen LogP contribution in [0.3, 0.4) is 0 Å². The molecule has 0 aliphatic heterocycles. The Balaban J connectivity index is 2.23. The predicted octanol–water partition coefficient (Wildman–Crippen LogP) is -1.23. The number of guanidine groups is 1. The van der Waals surface area contributed by atoms with Gasteiger partial charge < -0.3 is 43.2 Å². The Labute approximate surface area is 232 Å². The van der Waals surface area contributed by atoms with Gasteiger partial charge in [-0.2, -0.15) is 0 Å². The molecule has 3 amide bonds. The van der Waals surface area contributed by atoms with Crippen molar-refractivity contribution in [1.29, 1.82) is 0 Å². The molecule has 40 heavy (non-hydrogen) atoms. The van der Waals surface area contributed by atoms with Gasteiger partial charge in [-0.1, -0.05) is 44.2 Å². The molecule has 4 unspecified atom stereocenters. The van der Waals surface area contributed by atoms with Crippen LogP contribution in [-0.4, -0.2) is 75.4 Å². The number of nitrogens with one attached hydrogen (secondary N) is 4. The molecule has 14 heteroatoms. The second kappa shape index (κ2) is 15.8. The maximum atomic E-state index is 13.4. The van der Waals surface area contributed by atoms with Gasteiger partial charge in [0.15, 0.2) is 5.96 Å². The predicted molar refractivity (Wildman–Crippen MR) is 149 cm³/mol. The molecule has 1 aromatic heterocycles. The number of imidazole rings is 1. The van der Waals surface area contributed by atoms with Crippen molar-refractivity contribution in [3.05, 3.63) is 54.1 Å². The number of hydrogen-bond donors (Lipinski definition) is 8. The summed E-state index contributed by atoms with van der Waals surface area (Å²) in [6, 6.07) is 4.50. The van der Waals surface area contributed by atoms with E-state index < -0.39 is 47.9 Å². The Morgan fingerprint density at radius 1 is 0.950 bits per heavy atom. The third-order valence-corrected chi connectivity index (χ3v) is 6.11. The third kappa shape index (κ3) is 10.7. The van der Waals surface area contributed by atoms with Gasteiger partial charge >= 0.3 is 5.97 Å². The van der Waals surface area contributed by atoms with E-state index in [1.807, 2.05) is 0 Å². The number of aliphatic imine (C=N–C) groups is 1. The molecule has 0 saturated carbocycles. The first-order chi connectivity index (χ1) is 19.0. The van der Waals surface area contributed by atoms with Crippen LogP contribution in [0.2, 0.25) is 0 Å². The molecule has 0 aliphatic rings. The summed E-state index contributed by atoms with van der Waals surface area (Å²) in [5, 5.41) is 17.6. The summed E-state index contributed by atoms with van der Waals surface area (Å²) in [4.78, 5) is 62.0. The van der Waals surface area contributed by atoms with E-state index in [1.54, 1.807) is 44.2 Å². The van der Waals surface area contributed by atoms with Crippen molar-refractivity contribution in [3.8, 4) is 0 Å². The fourth-order valence-corrected chi connectivity index (χ4v) is 3.76. The first-order valence-corrected chi connectivity index (χ1v) is 12.9. The lowest BCUT2D eigenvalue weighted by molar-refractivity contribution is -0.142. The number of rotatable bonds is 16. The highest BCUT2D eigenvalue weighted by molar-refractivity contribution is 5.94. The lowest BCUT2D eigenvalue weighted by atomic mass is 10.0. The van der Waals surface area contributed by atoms with E-state index >= 15 is 0 Å². The van der Waals surface area contributed by atoms with E-state index in [1.165, 1.54) is 12.5 Å². The van der Waals surface area contributed by atoms with Crippen LogP contribution in [0.15, 0.2) is 47.8 Å². The van der Waals surface area contributed by atoms with Gasteiger partial charge in [0.25, 0.3) is 0 Å². The molecule has 0 aliphatic carbocycles. The molecule has 0 saturated heterocycles. The first-order valence-electron chi connectivity index (χ1n) is 12.9. The number of carboxylic acid groups (broad SMARTS) is 1. The molecule has 0 radical (unpaired) electrons. The van der Waals surface area contributed by atoms with Gasteiger partial charge in [-0.25, -0.2) is 9.78 Å². The van der Waals surface area contributed by atoms with Crippen molar-refractivity contribution in [2.45, 2.75) is 63.7 Å². The smallest absolute Gasteiger partial charge is 0.326 e. The Bertz CT molecular complexity index is 1130. The molecular weight excluding hydrogens is 518 g/mol. The first kappa shape index (κ1) is 31.8. The summed E-state index contributed by atoms with van der Waals surface area (Å²) in [5.74, 6) is -3.42. The molecule has 0 spiro atoms. The van der Waals surface area contributed by atoms with E-state index in [-0.39, 0.29) is 37.7 Å². The van der Waals surface area contributed by atoms with E-state index in [9.17, 15) is 24.3 Å². The number of carbonyl (C=O) groups excluding carboxylic acids is 3. The van der Waals surface area contributed by atoms with E-state index in [4.69, 9.17) is 17.2 Å². The minimum atomic E-state index is -1.24. The summed E-state index contributed by atoms with van der Waals surface area (Å²) in [7, 11) is 0. The molecule has 4 atom stereocenters. The summed E-state index contributed by atoms with van der Waals surface area (Å²) in [5.41, 5.74) is 18.0. The zero-order valence-corrected chi connectivity index (χ0v) is 22.7. The minimum absolute atomic E-state index is 0.0438. The standard InChI is InChI=1S/C26H39N9O5/c1-15(2)21(27)24(38)34-19(12-17-13-30-14-32-17)23(37)33-18(9-6-10-31-26(28)29)22(36)35-20(25(39)40)11-16-7-4-3-5-8-16/h3-5,7-8,13-15,18-21H,6,9-12,27H2,1-2H3,(H,30,32)(H,33,37)(H,34,38)(H,35,36)(H,39,40)(H4,28,29,31). The highest BCUT2D eigenvalue weighted by atomic mass is 16.4. The van der Waals surface area contributed by atoms with E-state index in [0.29, 0.717) is 17.7 Å². The van der Waals surface area contributed by atoms with Crippen LogP contribution in [0, 0.1) is 5.92 Å². The number of aromatic amines is 1. The van der Waals surface area contributed by atoms with Crippen LogP contribution in [0.4, 0.5) is 0 Å². The van der Waals surface area contributed by atoms with Crippen molar-refractivity contribution >= 4 is 29.7 Å². The Morgan fingerprint density at radius 3 is 2.15 bits per heavy atom. The number of hydrogen-bond acceptors (Lipinski definition) is 7. The average molecular weight is 558 g/mol. The molecule has 2 aromatic rings. The van der Waals surface area contributed by atoms with Gasteiger partial charge in [-0.15, -0.1) is 0 Å². The molecule has 218 valence electrons. The Morgan fingerprint density at radius 2 is 1.57 bits per heavy atom. The van der Waals surface area contributed by atoms with Gasteiger partial charge in [0, 0.05) is 31.3 Å². The summed E-state index contributed by atoms with van der Waals surface area (Å²) in [6.07, 6.45) is 3.45. The maximum absolute atomic E-state index is 13.4. The zero-order valence-electron chi connectivity index (χ0n) is 22.7. The zero-order chi connectivity index (χ0) is 29.7. The van der Waals surface area contributed by atoms with Crippen LogP contribution in [0.25, 0.3) is 0 Å². The number of H-pyrrole nitrogens is 1. The Hall–Kier alpha value is -4.46. The molecule has 1 aromatic carbocycles. The number of nitrogens with two attached hydrogens (primary N) is 3. The number of benzene rings is 1. The van der Waals surface area contributed by atoms with Crippen LogP contribution in [0.1, 0.15) is 37.9 Å². The molecule has 0 bridgehead atoms. The topological polar surface area (TPSA) is 244 Å². The maximum Gasteiger partial charge on any atom is 0.326 e. The quantitative estimate of drug-likeness (QED) is 0.0698. The van der Waals surface area contributed by atoms with Gasteiger partial charge in [-0.05, 0) is 24.3 Å². The number of nitrogens with zero attached hydrogens (tertiary/aromatic N) is 2. The molecule has 0 fully saturated rings. The number of aromatic nitrogens is 2. The second-order valence-corrected chi connectivity index (χ2v) is 9.71. The largest absolute Gasteiger partial charge is 0.480 e. The van der Waals surface area contributed by atoms with Crippen molar-refractivity contribution in [2.24, 2.45) is 28.1 Å². The number of carbonyl (C=O) groups is 4. The molecular formula is C26H39N9O5. The number of aliphatic carboxylic acids is 1. The second-order valence-electron chi connectivity index (χ2n) is 9.71. The molecule has 1 heterocycles. The summed E-state index contributed by atoms with van der Waals surface area (Å²) in [6.45, 7) is 3.74. The third-order valence-electron chi connectivity index (χ3n) is 6.11. The van der Waals surface area contributed by atoms with E-state index in [2.05, 4.69) is 30.9 Å². The highest BCUT2D eigenvalue weighted by Gasteiger charge is 2.31. The fraction of sp³-hybridized carbons (Fsp3) is 0.462. The number of carboxylic acids is 1. The van der Waals surface area contributed by atoms with Crippen molar-refractivity contribution in [3.63, 3.8) is 0 Å². The fourth-order valence-electron chi connectivity index (χ4n) is 3.76. The van der Waals surface area contributed by atoms with Crippen LogP contribution >= 0.6 is 0 Å². The number of amides is 3. The van der Waals surface area contributed by atoms with Crippen molar-refractivity contribution in [1.82, 2.24) is 25.9 Å². The average Bonchev–Trinajstić information content (AvgIpc) is 3.42. The minimum Gasteiger partial charge on any atom is -0.480 e.